The van der Waals surface area contributed by atoms with Gasteiger partial charge in [0.15, 0.2) is 11.6 Å². The van der Waals surface area contributed by atoms with E-state index in [1.54, 1.807) is 6.07 Å². The molecule has 21 heavy (non-hydrogen) atoms. The van der Waals surface area contributed by atoms with Crippen molar-refractivity contribution in [3.63, 3.8) is 0 Å². The molecular formula is C17H14ClFO2. The lowest BCUT2D eigenvalue weighted by Gasteiger charge is -2.09. The SMILES string of the molecule is OCCC#Cc1ccccc1COc1cccc(Cl)c1F. The smallest absolute Gasteiger partial charge is 0.183 e. The lowest BCUT2D eigenvalue weighted by Crippen LogP contribution is -2.00. The summed E-state index contributed by atoms with van der Waals surface area (Å²) in [6, 6.07) is 12.1. The second-order valence-corrected chi connectivity index (χ2v) is 4.68. The van der Waals surface area contributed by atoms with E-state index in [2.05, 4.69) is 11.8 Å². The van der Waals surface area contributed by atoms with E-state index in [0.29, 0.717) is 6.42 Å². The largest absolute Gasteiger partial charge is 0.486 e. The second-order valence-electron chi connectivity index (χ2n) is 4.27. The van der Waals surface area contributed by atoms with Gasteiger partial charge in [-0.05, 0) is 18.2 Å². The van der Waals surface area contributed by atoms with Crippen molar-refractivity contribution in [1.29, 1.82) is 0 Å². The molecule has 0 amide bonds. The second kappa shape index (κ2) is 7.68. The average molecular weight is 305 g/mol. The molecule has 0 aliphatic rings. The van der Waals surface area contributed by atoms with Gasteiger partial charge in [-0.15, -0.1) is 0 Å². The minimum atomic E-state index is -0.567. The van der Waals surface area contributed by atoms with Crippen LogP contribution >= 0.6 is 11.6 Å². The van der Waals surface area contributed by atoms with Crippen LogP contribution in [0.5, 0.6) is 5.75 Å². The molecule has 2 aromatic carbocycles. The lowest BCUT2D eigenvalue weighted by atomic mass is 10.1. The Hall–Kier alpha value is -2.02. The van der Waals surface area contributed by atoms with Gasteiger partial charge in [0.1, 0.15) is 6.61 Å². The highest BCUT2D eigenvalue weighted by Crippen LogP contribution is 2.25. The molecule has 4 heteroatoms. The first-order valence-electron chi connectivity index (χ1n) is 6.47. The molecule has 0 heterocycles. The van der Waals surface area contributed by atoms with Gasteiger partial charge in [-0.2, -0.15) is 0 Å². The number of rotatable bonds is 4. The molecule has 0 aromatic heterocycles. The fourth-order valence-electron chi connectivity index (χ4n) is 1.73. The number of aliphatic hydroxyl groups is 1. The summed E-state index contributed by atoms with van der Waals surface area (Å²) in [4.78, 5) is 0. The Kier molecular flexibility index (Phi) is 5.62. The summed E-state index contributed by atoms with van der Waals surface area (Å²) in [7, 11) is 0. The lowest BCUT2D eigenvalue weighted by molar-refractivity contribution is 0.290. The Balaban J connectivity index is 2.14. The molecule has 0 spiro atoms. The number of ether oxygens (including phenoxy) is 1. The molecule has 2 nitrogen and oxygen atoms in total. The first-order valence-corrected chi connectivity index (χ1v) is 6.84. The minimum Gasteiger partial charge on any atom is -0.486 e. The van der Waals surface area contributed by atoms with Gasteiger partial charge in [0.25, 0.3) is 0 Å². The van der Waals surface area contributed by atoms with Crippen LogP contribution in [-0.4, -0.2) is 11.7 Å². The van der Waals surface area contributed by atoms with Gasteiger partial charge in [-0.1, -0.05) is 47.7 Å². The zero-order valence-corrected chi connectivity index (χ0v) is 12.0. The van der Waals surface area contributed by atoms with Crippen LogP contribution in [0.25, 0.3) is 0 Å². The minimum absolute atomic E-state index is 0.0272. The highest BCUT2D eigenvalue weighted by atomic mass is 35.5. The Labute approximate surface area is 128 Å². The molecule has 0 bridgehead atoms. The van der Waals surface area contributed by atoms with E-state index in [1.807, 2.05) is 24.3 Å². The number of halogens is 2. The van der Waals surface area contributed by atoms with Crippen molar-refractivity contribution in [2.24, 2.45) is 0 Å². The normalized spacial score (nSPS) is 9.86. The molecule has 0 aliphatic heterocycles. The topological polar surface area (TPSA) is 29.5 Å². The van der Waals surface area contributed by atoms with Crippen molar-refractivity contribution in [3.05, 3.63) is 64.4 Å². The van der Waals surface area contributed by atoms with Crippen molar-refractivity contribution in [2.45, 2.75) is 13.0 Å². The molecule has 0 fully saturated rings. The van der Waals surface area contributed by atoms with E-state index in [1.165, 1.54) is 12.1 Å². The van der Waals surface area contributed by atoms with Crippen LogP contribution in [0.1, 0.15) is 17.5 Å². The Bertz CT molecular complexity index is 674. The molecule has 0 aliphatic carbocycles. The van der Waals surface area contributed by atoms with E-state index in [4.69, 9.17) is 21.4 Å². The summed E-state index contributed by atoms with van der Waals surface area (Å²) in [5, 5.41) is 8.77. The predicted octanol–water partition coefficient (Wildman–Crippen LogP) is 3.79. The van der Waals surface area contributed by atoms with Gasteiger partial charge in [-0.3, -0.25) is 0 Å². The third-order valence-corrected chi connectivity index (χ3v) is 3.07. The third kappa shape index (κ3) is 4.22. The van der Waals surface area contributed by atoms with Crippen LogP contribution in [0.15, 0.2) is 42.5 Å². The molecule has 0 unspecified atom stereocenters. The molecule has 0 radical (unpaired) electrons. The maximum atomic E-state index is 13.7. The maximum Gasteiger partial charge on any atom is 0.183 e. The average Bonchev–Trinajstić information content (AvgIpc) is 2.50. The number of benzene rings is 2. The van der Waals surface area contributed by atoms with Crippen molar-refractivity contribution in [3.8, 4) is 17.6 Å². The van der Waals surface area contributed by atoms with E-state index in [-0.39, 0.29) is 24.0 Å². The van der Waals surface area contributed by atoms with E-state index >= 15 is 0 Å². The van der Waals surface area contributed by atoms with Crippen LogP contribution in [0.3, 0.4) is 0 Å². The zero-order chi connectivity index (χ0) is 15.1. The van der Waals surface area contributed by atoms with Gasteiger partial charge in [-0.25, -0.2) is 4.39 Å². The van der Waals surface area contributed by atoms with Gasteiger partial charge >= 0.3 is 0 Å². The van der Waals surface area contributed by atoms with Crippen LogP contribution in [0.2, 0.25) is 5.02 Å². The van der Waals surface area contributed by atoms with Gasteiger partial charge < -0.3 is 9.84 Å². The maximum absolute atomic E-state index is 13.7. The fourth-order valence-corrected chi connectivity index (χ4v) is 1.90. The third-order valence-electron chi connectivity index (χ3n) is 2.78. The highest BCUT2D eigenvalue weighted by molar-refractivity contribution is 6.30. The predicted molar refractivity (Wildman–Crippen MR) is 80.8 cm³/mol. The summed E-state index contributed by atoms with van der Waals surface area (Å²) in [6.07, 6.45) is 0.415. The number of hydrogen-bond acceptors (Lipinski definition) is 2. The molecule has 108 valence electrons. The Morgan fingerprint density at radius 3 is 2.76 bits per heavy atom. The molecule has 2 aromatic rings. The van der Waals surface area contributed by atoms with Crippen LogP contribution in [-0.2, 0) is 6.61 Å². The summed E-state index contributed by atoms with van der Waals surface area (Å²) in [6.45, 7) is 0.223. The van der Waals surface area contributed by atoms with Crippen molar-refractivity contribution >= 4 is 11.6 Å². The standard InChI is InChI=1S/C17H14ClFO2/c18-15-9-5-10-16(17(15)19)21-12-14-8-2-1-6-13(14)7-3-4-11-20/h1-2,5-6,8-10,20H,4,11-12H2. The molecule has 0 saturated carbocycles. The Morgan fingerprint density at radius 2 is 1.95 bits per heavy atom. The molecule has 0 saturated heterocycles. The van der Waals surface area contributed by atoms with Gasteiger partial charge in [0, 0.05) is 17.5 Å². The van der Waals surface area contributed by atoms with E-state index in [9.17, 15) is 4.39 Å². The number of aliphatic hydroxyl groups excluding tert-OH is 1. The van der Waals surface area contributed by atoms with E-state index < -0.39 is 5.82 Å². The summed E-state index contributed by atoms with van der Waals surface area (Å²) < 4.78 is 19.2. The summed E-state index contributed by atoms with van der Waals surface area (Å²) >= 11 is 5.71. The van der Waals surface area contributed by atoms with Crippen molar-refractivity contribution in [2.75, 3.05) is 6.61 Å². The first kappa shape index (κ1) is 15.4. The highest BCUT2D eigenvalue weighted by Gasteiger charge is 2.08. The van der Waals surface area contributed by atoms with Gasteiger partial charge in [0.05, 0.1) is 11.6 Å². The molecular weight excluding hydrogens is 291 g/mol. The van der Waals surface area contributed by atoms with Crippen LogP contribution in [0, 0.1) is 17.7 Å². The van der Waals surface area contributed by atoms with Crippen molar-refractivity contribution < 1.29 is 14.2 Å². The quantitative estimate of drug-likeness (QED) is 0.871. The van der Waals surface area contributed by atoms with Crippen LogP contribution < -0.4 is 4.74 Å². The molecule has 1 N–H and O–H groups in total. The molecule has 0 atom stereocenters. The molecule has 2 rings (SSSR count). The number of hydrogen-bond donors (Lipinski definition) is 1. The first-order chi connectivity index (χ1) is 10.2. The Morgan fingerprint density at radius 1 is 1.14 bits per heavy atom. The zero-order valence-electron chi connectivity index (χ0n) is 11.3. The van der Waals surface area contributed by atoms with Crippen LogP contribution in [0.4, 0.5) is 4.39 Å². The van der Waals surface area contributed by atoms with Crippen molar-refractivity contribution in [1.82, 2.24) is 0 Å². The summed E-state index contributed by atoms with van der Waals surface area (Å²) in [5.41, 5.74) is 1.65. The fraction of sp³-hybridized carbons (Fsp3) is 0.176. The summed E-state index contributed by atoms with van der Waals surface area (Å²) in [5.74, 6) is 5.37. The van der Waals surface area contributed by atoms with E-state index in [0.717, 1.165) is 11.1 Å². The van der Waals surface area contributed by atoms with Gasteiger partial charge in [0.2, 0.25) is 0 Å². The monoisotopic (exact) mass is 304 g/mol.